The normalized spacial score (nSPS) is 10.8. The molecule has 3 nitrogen and oxygen atoms in total. The maximum Gasteiger partial charge on any atom is 0.115 e. The van der Waals surface area contributed by atoms with Gasteiger partial charge in [-0.1, -0.05) is 60.7 Å². The van der Waals surface area contributed by atoms with E-state index in [-0.39, 0.29) is 0 Å². The molecule has 3 heteroatoms. The van der Waals surface area contributed by atoms with Crippen LogP contribution in [0.5, 0.6) is 5.75 Å². The van der Waals surface area contributed by atoms with Crippen LogP contribution in [0.2, 0.25) is 0 Å². The molecule has 0 fully saturated rings. The van der Waals surface area contributed by atoms with E-state index < -0.39 is 0 Å². The molecule has 1 N–H and O–H groups in total. The average molecular weight is 340 g/mol. The van der Waals surface area contributed by atoms with Crippen molar-refractivity contribution in [1.29, 1.82) is 0 Å². The average Bonchev–Trinajstić information content (AvgIpc) is 3.12. The van der Waals surface area contributed by atoms with Crippen molar-refractivity contribution in [1.82, 2.24) is 9.78 Å². The molecular formula is C23H20N2O. The molecule has 4 aromatic rings. The van der Waals surface area contributed by atoms with Crippen LogP contribution in [0.4, 0.5) is 0 Å². The third-order valence-electron chi connectivity index (χ3n) is 4.41. The van der Waals surface area contributed by atoms with Gasteiger partial charge in [-0.05, 0) is 48.7 Å². The van der Waals surface area contributed by atoms with Gasteiger partial charge in [-0.3, -0.25) is 0 Å². The zero-order valence-electron chi connectivity index (χ0n) is 14.4. The summed E-state index contributed by atoms with van der Waals surface area (Å²) in [5.74, 6) is 0.308. The molecule has 0 aliphatic rings. The molecule has 128 valence electrons. The zero-order chi connectivity index (χ0) is 17.8. The van der Waals surface area contributed by atoms with E-state index in [1.165, 1.54) is 0 Å². The molecule has 0 amide bonds. The lowest BCUT2D eigenvalue weighted by Gasteiger charge is -2.07. The number of nitrogens with zero attached hydrogens (tertiary/aromatic N) is 2. The summed E-state index contributed by atoms with van der Waals surface area (Å²) < 4.78 is 2.01. The lowest BCUT2D eigenvalue weighted by molar-refractivity contribution is 0.474. The maximum absolute atomic E-state index is 9.64. The number of benzene rings is 3. The molecule has 3 aromatic carbocycles. The number of rotatable bonds is 5. The van der Waals surface area contributed by atoms with E-state index >= 15 is 0 Å². The van der Waals surface area contributed by atoms with E-state index in [1.807, 2.05) is 59.3 Å². The Hall–Kier alpha value is -3.33. The van der Waals surface area contributed by atoms with Crippen LogP contribution in [0.1, 0.15) is 11.3 Å². The van der Waals surface area contributed by atoms with E-state index in [0.717, 1.165) is 41.0 Å². The van der Waals surface area contributed by atoms with E-state index in [1.54, 1.807) is 6.07 Å². The van der Waals surface area contributed by atoms with Crippen LogP contribution in [0.15, 0.2) is 91.0 Å². The van der Waals surface area contributed by atoms with Crippen molar-refractivity contribution in [3.63, 3.8) is 0 Å². The number of hydrogen-bond donors (Lipinski definition) is 1. The van der Waals surface area contributed by atoms with Crippen molar-refractivity contribution in [2.24, 2.45) is 0 Å². The van der Waals surface area contributed by atoms with Gasteiger partial charge in [0.2, 0.25) is 0 Å². The highest BCUT2D eigenvalue weighted by molar-refractivity contribution is 5.62. The number of para-hydroxylation sites is 1. The van der Waals surface area contributed by atoms with Gasteiger partial charge < -0.3 is 5.11 Å². The van der Waals surface area contributed by atoms with E-state index in [0.29, 0.717) is 5.75 Å². The third kappa shape index (κ3) is 3.52. The van der Waals surface area contributed by atoms with Crippen LogP contribution in [-0.2, 0) is 12.8 Å². The first kappa shape index (κ1) is 16.2. The van der Waals surface area contributed by atoms with Gasteiger partial charge in [-0.15, -0.1) is 0 Å². The van der Waals surface area contributed by atoms with Gasteiger partial charge in [0, 0.05) is 5.56 Å². The molecule has 0 aliphatic carbocycles. The van der Waals surface area contributed by atoms with E-state index in [2.05, 4.69) is 30.3 Å². The number of aromatic nitrogens is 2. The van der Waals surface area contributed by atoms with Crippen LogP contribution in [0, 0.1) is 0 Å². The van der Waals surface area contributed by atoms with Crippen LogP contribution in [0.3, 0.4) is 0 Å². The molecule has 0 radical (unpaired) electrons. The topological polar surface area (TPSA) is 38.0 Å². The van der Waals surface area contributed by atoms with Crippen LogP contribution in [0.25, 0.3) is 16.9 Å². The first-order valence-electron chi connectivity index (χ1n) is 8.77. The summed E-state index contributed by atoms with van der Waals surface area (Å²) in [5, 5.41) is 14.5. The van der Waals surface area contributed by atoms with Crippen molar-refractivity contribution < 1.29 is 5.11 Å². The van der Waals surface area contributed by atoms with Crippen molar-refractivity contribution in [3.05, 3.63) is 102 Å². The van der Waals surface area contributed by atoms with Crippen LogP contribution >= 0.6 is 0 Å². The highest BCUT2D eigenvalue weighted by Gasteiger charge is 2.11. The Balaban J connectivity index is 1.67. The second-order valence-electron chi connectivity index (χ2n) is 6.30. The summed E-state index contributed by atoms with van der Waals surface area (Å²) in [7, 11) is 0. The molecular weight excluding hydrogens is 320 g/mol. The number of phenols is 1. The first-order valence-corrected chi connectivity index (χ1v) is 8.77. The molecule has 1 heterocycles. The Morgan fingerprint density at radius 1 is 0.731 bits per heavy atom. The Bertz CT molecular complexity index is 934. The summed E-state index contributed by atoms with van der Waals surface area (Å²) in [6, 6.07) is 30.1. The monoisotopic (exact) mass is 340 g/mol. The molecule has 0 saturated heterocycles. The summed E-state index contributed by atoms with van der Waals surface area (Å²) in [6.07, 6.45) is 1.66. The van der Waals surface area contributed by atoms with E-state index in [4.69, 9.17) is 5.10 Å². The van der Waals surface area contributed by atoms with Gasteiger partial charge in [0.1, 0.15) is 5.75 Å². The van der Waals surface area contributed by atoms with E-state index in [9.17, 15) is 5.11 Å². The standard InChI is InChI=1S/C23H20N2O/c26-22-13-7-8-18(16-22)14-15-20-17-23(19-9-3-1-4-10-19)25(24-20)21-11-5-2-6-12-21/h1-13,16-17,26H,14-15H2. The number of aryl methyl sites for hydroxylation is 2. The Labute approximate surface area is 153 Å². The second kappa shape index (κ2) is 7.28. The lowest BCUT2D eigenvalue weighted by Crippen LogP contribution is -2.00. The van der Waals surface area contributed by atoms with Gasteiger partial charge in [-0.25, -0.2) is 4.68 Å². The van der Waals surface area contributed by atoms with Crippen molar-refractivity contribution in [3.8, 4) is 22.7 Å². The predicted octanol–water partition coefficient (Wildman–Crippen LogP) is 5.03. The fraction of sp³-hybridized carbons (Fsp3) is 0.0870. The summed E-state index contributed by atoms with van der Waals surface area (Å²) >= 11 is 0. The first-order chi connectivity index (χ1) is 12.8. The Kier molecular flexibility index (Phi) is 4.52. The van der Waals surface area contributed by atoms with Gasteiger partial charge in [0.05, 0.1) is 17.1 Å². The lowest BCUT2D eigenvalue weighted by atomic mass is 10.1. The minimum absolute atomic E-state index is 0.308. The summed E-state index contributed by atoms with van der Waals surface area (Å²) in [6.45, 7) is 0. The van der Waals surface area contributed by atoms with Crippen LogP contribution in [-0.4, -0.2) is 14.9 Å². The molecule has 0 bridgehead atoms. The van der Waals surface area contributed by atoms with Gasteiger partial charge in [0.15, 0.2) is 0 Å². The number of aromatic hydroxyl groups is 1. The van der Waals surface area contributed by atoms with Crippen LogP contribution < -0.4 is 0 Å². The quantitative estimate of drug-likeness (QED) is 0.553. The number of hydrogen-bond acceptors (Lipinski definition) is 2. The minimum Gasteiger partial charge on any atom is -0.508 e. The van der Waals surface area contributed by atoms with Crippen molar-refractivity contribution >= 4 is 0 Å². The highest BCUT2D eigenvalue weighted by atomic mass is 16.3. The fourth-order valence-corrected chi connectivity index (χ4v) is 3.12. The number of phenolic OH excluding ortho intramolecular Hbond substituents is 1. The largest absolute Gasteiger partial charge is 0.508 e. The third-order valence-corrected chi connectivity index (χ3v) is 4.41. The molecule has 26 heavy (non-hydrogen) atoms. The fourth-order valence-electron chi connectivity index (χ4n) is 3.12. The van der Waals surface area contributed by atoms with Crippen molar-refractivity contribution in [2.45, 2.75) is 12.8 Å². The summed E-state index contributed by atoms with van der Waals surface area (Å²) in [4.78, 5) is 0. The second-order valence-corrected chi connectivity index (χ2v) is 6.30. The zero-order valence-corrected chi connectivity index (χ0v) is 14.4. The molecule has 0 atom stereocenters. The maximum atomic E-state index is 9.64. The van der Waals surface area contributed by atoms with Gasteiger partial charge in [-0.2, -0.15) is 5.10 Å². The molecule has 0 spiro atoms. The summed E-state index contributed by atoms with van der Waals surface area (Å²) in [5.41, 5.74) is 5.43. The van der Waals surface area contributed by atoms with Crippen molar-refractivity contribution in [2.75, 3.05) is 0 Å². The molecule has 1 aromatic heterocycles. The highest BCUT2D eigenvalue weighted by Crippen LogP contribution is 2.24. The SMILES string of the molecule is Oc1cccc(CCc2cc(-c3ccccc3)n(-c3ccccc3)n2)c1. The minimum atomic E-state index is 0.308. The van der Waals surface area contributed by atoms with Gasteiger partial charge >= 0.3 is 0 Å². The van der Waals surface area contributed by atoms with Gasteiger partial charge in [0.25, 0.3) is 0 Å². The smallest absolute Gasteiger partial charge is 0.115 e. The molecule has 0 saturated carbocycles. The molecule has 4 rings (SSSR count). The predicted molar refractivity (Wildman–Crippen MR) is 105 cm³/mol. The molecule has 0 unspecified atom stereocenters. The Morgan fingerprint density at radius 2 is 1.46 bits per heavy atom. The Morgan fingerprint density at radius 3 is 2.19 bits per heavy atom. The molecule has 0 aliphatic heterocycles.